The first kappa shape index (κ1) is 10.3. The molecule has 3 rings (SSSR count). The number of aryl methyl sites for hydroxylation is 1. The third-order valence-corrected chi connectivity index (χ3v) is 3.92. The van der Waals surface area contributed by atoms with Gasteiger partial charge in [0.2, 0.25) is 0 Å². The summed E-state index contributed by atoms with van der Waals surface area (Å²) in [7, 11) is 0. The van der Waals surface area contributed by atoms with Gasteiger partial charge in [-0.1, -0.05) is 23.8 Å². The Balaban J connectivity index is 1.93. The van der Waals surface area contributed by atoms with Crippen LogP contribution in [-0.2, 0) is 6.54 Å². The fourth-order valence-electron chi connectivity index (χ4n) is 2.82. The molecule has 1 aliphatic heterocycles. The summed E-state index contributed by atoms with van der Waals surface area (Å²) >= 11 is 0. The van der Waals surface area contributed by atoms with Crippen molar-refractivity contribution < 1.29 is 0 Å². The van der Waals surface area contributed by atoms with Crippen LogP contribution in [0.5, 0.6) is 0 Å². The zero-order chi connectivity index (χ0) is 11.1. The molecule has 2 aliphatic rings. The maximum absolute atomic E-state index is 5.92. The molecule has 0 spiro atoms. The van der Waals surface area contributed by atoms with E-state index in [2.05, 4.69) is 30.0 Å². The molecule has 0 bridgehead atoms. The summed E-state index contributed by atoms with van der Waals surface area (Å²) < 4.78 is 0. The van der Waals surface area contributed by atoms with Crippen LogP contribution >= 0.6 is 0 Å². The van der Waals surface area contributed by atoms with E-state index in [1.54, 1.807) is 0 Å². The molecule has 1 aromatic rings. The third-order valence-electron chi connectivity index (χ3n) is 3.92. The lowest BCUT2D eigenvalue weighted by Gasteiger charge is -2.34. The lowest BCUT2D eigenvalue weighted by atomic mass is 9.88. The minimum absolute atomic E-state index is 0.546. The molecule has 2 heteroatoms. The molecule has 0 aromatic heterocycles. The monoisotopic (exact) mass is 216 g/mol. The van der Waals surface area contributed by atoms with Gasteiger partial charge in [0.15, 0.2) is 0 Å². The number of fused-ring (bicyclic) bond motifs is 1. The van der Waals surface area contributed by atoms with Gasteiger partial charge in [0, 0.05) is 31.6 Å². The molecule has 1 fully saturated rings. The van der Waals surface area contributed by atoms with E-state index in [1.165, 1.54) is 29.5 Å². The first-order chi connectivity index (χ1) is 7.78. The van der Waals surface area contributed by atoms with Gasteiger partial charge in [-0.05, 0) is 30.9 Å². The quantitative estimate of drug-likeness (QED) is 0.819. The lowest BCUT2D eigenvalue weighted by Crippen LogP contribution is -2.37. The molecule has 1 heterocycles. The van der Waals surface area contributed by atoms with Crippen molar-refractivity contribution in [1.82, 2.24) is 4.90 Å². The van der Waals surface area contributed by atoms with Crippen LogP contribution < -0.4 is 5.73 Å². The second-order valence-electron chi connectivity index (χ2n) is 5.30. The van der Waals surface area contributed by atoms with Crippen LogP contribution in [0.3, 0.4) is 0 Å². The van der Waals surface area contributed by atoms with Crippen molar-refractivity contribution in [3.8, 4) is 0 Å². The van der Waals surface area contributed by atoms with E-state index >= 15 is 0 Å². The van der Waals surface area contributed by atoms with Crippen molar-refractivity contribution in [2.24, 2.45) is 5.73 Å². The molecule has 1 unspecified atom stereocenters. The van der Waals surface area contributed by atoms with Gasteiger partial charge in [0.25, 0.3) is 0 Å². The van der Waals surface area contributed by atoms with Gasteiger partial charge in [-0.25, -0.2) is 0 Å². The molecule has 1 atom stereocenters. The van der Waals surface area contributed by atoms with Crippen molar-refractivity contribution in [2.75, 3.05) is 13.1 Å². The molecule has 16 heavy (non-hydrogen) atoms. The standard InChI is InChI=1S/C14H20N2/c1-10-2-3-11-8-16(13-4-5-13)9-12(7-15)14(11)6-10/h2-3,6,12-13H,4-5,7-9,15H2,1H3. The average molecular weight is 216 g/mol. The molecule has 2 N–H and O–H groups in total. The van der Waals surface area contributed by atoms with Gasteiger partial charge < -0.3 is 5.73 Å². The van der Waals surface area contributed by atoms with Crippen LogP contribution in [0, 0.1) is 6.92 Å². The van der Waals surface area contributed by atoms with E-state index in [-0.39, 0.29) is 0 Å². The van der Waals surface area contributed by atoms with Crippen molar-refractivity contribution in [3.05, 3.63) is 34.9 Å². The van der Waals surface area contributed by atoms with Crippen LogP contribution in [-0.4, -0.2) is 24.0 Å². The average Bonchev–Trinajstić information content (AvgIpc) is 3.11. The van der Waals surface area contributed by atoms with Crippen molar-refractivity contribution in [1.29, 1.82) is 0 Å². The number of hydrogen-bond donors (Lipinski definition) is 1. The van der Waals surface area contributed by atoms with E-state index in [1.807, 2.05) is 0 Å². The highest BCUT2D eigenvalue weighted by Crippen LogP contribution is 2.35. The van der Waals surface area contributed by atoms with Crippen molar-refractivity contribution in [3.63, 3.8) is 0 Å². The van der Waals surface area contributed by atoms with Gasteiger partial charge in [-0.15, -0.1) is 0 Å². The molecule has 0 amide bonds. The number of nitrogens with zero attached hydrogens (tertiary/aromatic N) is 1. The van der Waals surface area contributed by atoms with Crippen LogP contribution in [0.25, 0.3) is 0 Å². The summed E-state index contributed by atoms with van der Waals surface area (Å²) in [5, 5.41) is 0. The molecule has 2 nitrogen and oxygen atoms in total. The number of benzene rings is 1. The predicted molar refractivity (Wildman–Crippen MR) is 66.4 cm³/mol. The first-order valence-corrected chi connectivity index (χ1v) is 6.31. The number of nitrogens with two attached hydrogens (primary N) is 1. The fourth-order valence-corrected chi connectivity index (χ4v) is 2.82. The molecule has 86 valence electrons. The lowest BCUT2D eigenvalue weighted by molar-refractivity contribution is 0.221. The van der Waals surface area contributed by atoms with Gasteiger partial charge in [-0.3, -0.25) is 4.90 Å². The zero-order valence-electron chi connectivity index (χ0n) is 9.95. The molecular weight excluding hydrogens is 196 g/mol. The van der Waals surface area contributed by atoms with Gasteiger partial charge in [0.1, 0.15) is 0 Å². The number of hydrogen-bond acceptors (Lipinski definition) is 2. The zero-order valence-corrected chi connectivity index (χ0v) is 9.95. The van der Waals surface area contributed by atoms with Gasteiger partial charge in [-0.2, -0.15) is 0 Å². The maximum Gasteiger partial charge on any atom is 0.0239 e. The Bertz CT molecular complexity index is 396. The van der Waals surface area contributed by atoms with E-state index in [9.17, 15) is 0 Å². The minimum Gasteiger partial charge on any atom is -0.330 e. The molecule has 1 saturated carbocycles. The molecular formula is C14H20N2. The highest BCUT2D eigenvalue weighted by molar-refractivity contribution is 5.36. The summed E-state index contributed by atoms with van der Waals surface area (Å²) in [5.74, 6) is 0.546. The SMILES string of the molecule is Cc1ccc2c(c1)C(CN)CN(C1CC1)C2. The summed E-state index contributed by atoms with van der Waals surface area (Å²) in [6.45, 7) is 5.25. The Morgan fingerprint density at radius 1 is 1.38 bits per heavy atom. The summed E-state index contributed by atoms with van der Waals surface area (Å²) in [6, 6.07) is 7.70. The fraction of sp³-hybridized carbons (Fsp3) is 0.571. The largest absolute Gasteiger partial charge is 0.330 e. The van der Waals surface area contributed by atoms with Crippen LogP contribution in [0.2, 0.25) is 0 Å². The first-order valence-electron chi connectivity index (χ1n) is 6.31. The number of rotatable bonds is 2. The second kappa shape index (κ2) is 3.86. The predicted octanol–water partition coefficient (Wildman–Crippen LogP) is 2.02. The molecule has 1 aromatic carbocycles. The van der Waals surface area contributed by atoms with Gasteiger partial charge >= 0.3 is 0 Å². The van der Waals surface area contributed by atoms with E-state index in [0.717, 1.165) is 25.7 Å². The van der Waals surface area contributed by atoms with Crippen molar-refractivity contribution >= 4 is 0 Å². The minimum atomic E-state index is 0.546. The topological polar surface area (TPSA) is 29.3 Å². The van der Waals surface area contributed by atoms with E-state index in [0.29, 0.717) is 5.92 Å². The second-order valence-corrected chi connectivity index (χ2v) is 5.30. The smallest absolute Gasteiger partial charge is 0.0239 e. The Morgan fingerprint density at radius 2 is 2.19 bits per heavy atom. The third kappa shape index (κ3) is 1.76. The Morgan fingerprint density at radius 3 is 2.88 bits per heavy atom. The van der Waals surface area contributed by atoms with Crippen LogP contribution in [0.4, 0.5) is 0 Å². The highest BCUT2D eigenvalue weighted by Gasteiger charge is 2.34. The Hall–Kier alpha value is -0.860. The Kier molecular flexibility index (Phi) is 2.49. The maximum atomic E-state index is 5.92. The van der Waals surface area contributed by atoms with E-state index < -0.39 is 0 Å². The normalized spacial score (nSPS) is 25.5. The van der Waals surface area contributed by atoms with E-state index in [4.69, 9.17) is 5.73 Å². The Labute approximate surface area is 97.4 Å². The molecule has 0 saturated heterocycles. The molecule has 1 aliphatic carbocycles. The van der Waals surface area contributed by atoms with Crippen LogP contribution in [0.1, 0.15) is 35.4 Å². The van der Waals surface area contributed by atoms with Crippen LogP contribution in [0.15, 0.2) is 18.2 Å². The van der Waals surface area contributed by atoms with Crippen molar-refractivity contribution in [2.45, 2.75) is 38.3 Å². The van der Waals surface area contributed by atoms with Gasteiger partial charge in [0.05, 0.1) is 0 Å². The summed E-state index contributed by atoms with van der Waals surface area (Å²) in [4.78, 5) is 2.62. The summed E-state index contributed by atoms with van der Waals surface area (Å²) in [6.07, 6.45) is 2.77. The highest BCUT2D eigenvalue weighted by atomic mass is 15.2. The molecule has 0 radical (unpaired) electrons. The summed E-state index contributed by atoms with van der Waals surface area (Å²) in [5.41, 5.74) is 10.3.